The van der Waals surface area contributed by atoms with Crippen molar-refractivity contribution in [3.8, 4) is 11.5 Å². The number of hydrogen-bond acceptors (Lipinski definition) is 3. The van der Waals surface area contributed by atoms with Gasteiger partial charge in [0, 0.05) is 18.0 Å². The molecule has 1 aromatic rings. The van der Waals surface area contributed by atoms with Gasteiger partial charge in [0.15, 0.2) is 0 Å². The largest absolute Gasteiger partial charge is 0.497 e. The molecule has 0 aliphatic carbocycles. The first-order chi connectivity index (χ1) is 7.99. The van der Waals surface area contributed by atoms with E-state index < -0.39 is 0 Å². The minimum Gasteiger partial charge on any atom is -0.497 e. The Kier molecular flexibility index (Phi) is 2.73. The van der Waals surface area contributed by atoms with Crippen molar-refractivity contribution in [3.05, 3.63) is 23.3 Å². The molecule has 1 aliphatic heterocycles. The Hall–Kier alpha value is -1.71. The number of ether oxygens (including phenoxy) is 2. The average Bonchev–Trinajstić information content (AvgIpc) is 2.33. The van der Waals surface area contributed by atoms with Crippen molar-refractivity contribution in [2.75, 3.05) is 20.8 Å². The van der Waals surface area contributed by atoms with Gasteiger partial charge in [-0.15, -0.1) is 0 Å². The lowest BCUT2D eigenvalue weighted by Gasteiger charge is -2.33. The number of benzene rings is 1. The van der Waals surface area contributed by atoms with Crippen molar-refractivity contribution in [2.24, 2.45) is 0 Å². The maximum atomic E-state index is 11.9. The van der Waals surface area contributed by atoms with Crippen LogP contribution in [0.5, 0.6) is 11.5 Å². The number of rotatable bonds is 2. The van der Waals surface area contributed by atoms with E-state index in [1.807, 2.05) is 6.07 Å². The van der Waals surface area contributed by atoms with Crippen LogP contribution in [0.1, 0.15) is 29.8 Å². The summed E-state index contributed by atoms with van der Waals surface area (Å²) in [6, 6.07) is 3.65. The molecule has 4 nitrogen and oxygen atoms in total. The Morgan fingerprint density at radius 2 is 1.94 bits per heavy atom. The molecule has 17 heavy (non-hydrogen) atoms. The molecular formula is C13H17NO3. The van der Waals surface area contributed by atoms with Crippen molar-refractivity contribution < 1.29 is 14.3 Å². The first kappa shape index (κ1) is 11.8. The fraction of sp³-hybridized carbons (Fsp3) is 0.462. The molecule has 0 fully saturated rings. The highest BCUT2D eigenvalue weighted by molar-refractivity contribution is 6.00. The Bertz CT molecular complexity index is 466. The highest BCUT2D eigenvalue weighted by Crippen LogP contribution is 2.37. The molecule has 1 amide bonds. The van der Waals surface area contributed by atoms with Crippen LogP contribution in [-0.4, -0.2) is 26.7 Å². The normalized spacial score (nSPS) is 17.1. The topological polar surface area (TPSA) is 47.6 Å². The third-order valence-electron chi connectivity index (χ3n) is 3.18. The molecule has 4 heteroatoms. The fourth-order valence-corrected chi connectivity index (χ4v) is 2.12. The van der Waals surface area contributed by atoms with Crippen molar-refractivity contribution in [1.82, 2.24) is 5.32 Å². The number of amides is 1. The first-order valence-electron chi connectivity index (χ1n) is 5.54. The summed E-state index contributed by atoms with van der Waals surface area (Å²) in [6.45, 7) is 4.80. The van der Waals surface area contributed by atoms with Gasteiger partial charge in [0.05, 0.1) is 19.8 Å². The molecule has 0 unspecified atom stereocenters. The van der Waals surface area contributed by atoms with Gasteiger partial charge >= 0.3 is 0 Å². The molecule has 1 heterocycles. The summed E-state index contributed by atoms with van der Waals surface area (Å²) >= 11 is 0. The molecule has 0 radical (unpaired) electrons. The van der Waals surface area contributed by atoms with E-state index in [9.17, 15) is 4.79 Å². The molecule has 1 aromatic carbocycles. The summed E-state index contributed by atoms with van der Waals surface area (Å²) in [5, 5.41) is 2.88. The monoisotopic (exact) mass is 235 g/mol. The van der Waals surface area contributed by atoms with E-state index in [2.05, 4.69) is 19.2 Å². The molecule has 0 aromatic heterocycles. The standard InChI is InChI=1S/C13H17NO3/c1-13(2)7-14-12(15)11-9(13)5-8(16-3)6-10(11)17-4/h5-6H,7H2,1-4H3,(H,14,15). The molecule has 1 aliphatic rings. The number of carbonyl (C=O) groups excluding carboxylic acids is 1. The van der Waals surface area contributed by atoms with Crippen LogP contribution in [-0.2, 0) is 5.41 Å². The first-order valence-corrected chi connectivity index (χ1v) is 5.54. The molecule has 0 spiro atoms. The van der Waals surface area contributed by atoms with Crippen molar-refractivity contribution in [1.29, 1.82) is 0 Å². The van der Waals surface area contributed by atoms with Gasteiger partial charge in [-0.2, -0.15) is 0 Å². The number of hydrogen-bond donors (Lipinski definition) is 1. The second-order valence-corrected chi connectivity index (χ2v) is 4.82. The third-order valence-corrected chi connectivity index (χ3v) is 3.18. The minimum atomic E-state index is -0.120. The predicted molar refractivity (Wildman–Crippen MR) is 64.9 cm³/mol. The number of carbonyl (C=O) groups is 1. The summed E-state index contributed by atoms with van der Waals surface area (Å²) in [7, 11) is 3.17. The summed E-state index contributed by atoms with van der Waals surface area (Å²) < 4.78 is 10.5. The molecular weight excluding hydrogens is 218 g/mol. The van der Waals surface area contributed by atoms with Crippen LogP contribution < -0.4 is 14.8 Å². The number of fused-ring (bicyclic) bond motifs is 1. The van der Waals surface area contributed by atoms with Gasteiger partial charge in [-0.3, -0.25) is 4.79 Å². The summed E-state index contributed by atoms with van der Waals surface area (Å²) in [6.07, 6.45) is 0. The fourth-order valence-electron chi connectivity index (χ4n) is 2.12. The molecule has 92 valence electrons. The second-order valence-electron chi connectivity index (χ2n) is 4.82. The highest BCUT2D eigenvalue weighted by atomic mass is 16.5. The van der Waals surface area contributed by atoms with Crippen LogP contribution in [0, 0.1) is 0 Å². The van der Waals surface area contributed by atoms with E-state index in [1.54, 1.807) is 20.3 Å². The van der Waals surface area contributed by atoms with E-state index in [4.69, 9.17) is 9.47 Å². The lowest BCUT2D eigenvalue weighted by atomic mass is 9.78. The minimum absolute atomic E-state index is 0.0844. The second kappa shape index (κ2) is 3.95. The number of nitrogens with one attached hydrogen (secondary N) is 1. The van der Waals surface area contributed by atoms with Gasteiger partial charge in [0.2, 0.25) is 0 Å². The van der Waals surface area contributed by atoms with Gasteiger partial charge in [0.1, 0.15) is 11.5 Å². The quantitative estimate of drug-likeness (QED) is 0.849. The molecule has 2 rings (SSSR count). The van der Waals surface area contributed by atoms with Gasteiger partial charge in [-0.05, 0) is 11.6 Å². The van der Waals surface area contributed by atoms with Crippen LogP contribution in [0.2, 0.25) is 0 Å². The third kappa shape index (κ3) is 1.84. The van der Waals surface area contributed by atoms with E-state index in [1.165, 1.54) is 0 Å². The molecule has 0 atom stereocenters. The van der Waals surface area contributed by atoms with Crippen LogP contribution in [0.25, 0.3) is 0 Å². The van der Waals surface area contributed by atoms with E-state index in [0.29, 0.717) is 23.6 Å². The van der Waals surface area contributed by atoms with E-state index >= 15 is 0 Å². The van der Waals surface area contributed by atoms with Gasteiger partial charge in [-0.1, -0.05) is 13.8 Å². The van der Waals surface area contributed by atoms with E-state index in [0.717, 1.165) is 5.56 Å². The smallest absolute Gasteiger partial charge is 0.255 e. The molecule has 1 N–H and O–H groups in total. The Labute approximate surface area is 101 Å². The van der Waals surface area contributed by atoms with Crippen molar-refractivity contribution >= 4 is 5.91 Å². The van der Waals surface area contributed by atoms with Gasteiger partial charge in [-0.25, -0.2) is 0 Å². The summed E-state index contributed by atoms with van der Waals surface area (Å²) in [5.74, 6) is 1.19. The maximum absolute atomic E-state index is 11.9. The van der Waals surface area contributed by atoms with Gasteiger partial charge in [0.25, 0.3) is 5.91 Å². The van der Waals surface area contributed by atoms with Crippen LogP contribution in [0.4, 0.5) is 0 Å². The predicted octanol–water partition coefficient (Wildman–Crippen LogP) is 1.72. The zero-order valence-corrected chi connectivity index (χ0v) is 10.6. The van der Waals surface area contributed by atoms with Crippen molar-refractivity contribution in [3.63, 3.8) is 0 Å². The summed E-state index contributed by atoms with van der Waals surface area (Å²) in [5.41, 5.74) is 1.47. The van der Waals surface area contributed by atoms with Crippen LogP contribution in [0.3, 0.4) is 0 Å². The molecule has 0 bridgehead atoms. The highest BCUT2D eigenvalue weighted by Gasteiger charge is 2.34. The summed E-state index contributed by atoms with van der Waals surface area (Å²) in [4.78, 5) is 11.9. The average molecular weight is 235 g/mol. The zero-order chi connectivity index (χ0) is 12.6. The Morgan fingerprint density at radius 1 is 1.24 bits per heavy atom. The Balaban J connectivity index is 2.70. The lowest BCUT2D eigenvalue weighted by molar-refractivity contribution is 0.0926. The zero-order valence-electron chi connectivity index (χ0n) is 10.6. The number of methoxy groups -OCH3 is 2. The lowest BCUT2D eigenvalue weighted by Crippen LogP contribution is -2.43. The molecule has 0 saturated heterocycles. The van der Waals surface area contributed by atoms with E-state index in [-0.39, 0.29) is 11.3 Å². The SMILES string of the molecule is COc1cc(OC)c2c(c1)C(C)(C)CNC2=O. The van der Waals surface area contributed by atoms with Gasteiger partial charge < -0.3 is 14.8 Å². The van der Waals surface area contributed by atoms with Crippen LogP contribution >= 0.6 is 0 Å². The Morgan fingerprint density at radius 3 is 2.53 bits per heavy atom. The molecule has 0 saturated carbocycles. The van der Waals surface area contributed by atoms with Crippen molar-refractivity contribution in [2.45, 2.75) is 19.3 Å². The maximum Gasteiger partial charge on any atom is 0.255 e. The van der Waals surface area contributed by atoms with Crippen LogP contribution in [0.15, 0.2) is 12.1 Å².